The van der Waals surface area contributed by atoms with E-state index in [1.165, 1.54) is 12.1 Å². The largest absolute Gasteiger partial charge is 0.299 e. The summed E-state index contributed by atoms with van der Waals surface area (Å²) in [6.07, 6.45) is 0.361. The number of nitrogens with zero attached hydrogens (tertiary/aromatic N) is 1. The number of rotatable bonds is 2. The van der Waals surface area contributed by atoms with Gasteiger partial charge in [0.25, 0.3) is 5.69 Å². The van der Waals surface area contributed by atoms with Gasteiger partial charge in [0, 0.05) is 0 Å². The molecule has 0 atom stereocenters. The van der Waals surface area contributed by atoms with Crippen LogP contribution < -0.4 is 0 Å². The first-order valence-electron chi connectivity index (χ1n) is 3.15. The molecule has 6 heteroatoms. The molecular formula is C7H3Cl2NO3. The Kier molecular flexibility index (Phi) is 2.85. The summed E-state index contributed by atoms with van der Waals surface area (Å²) < 4.78 is 0. The first-order chi connectivity index (χ1) is 6.07. The Morgan fingerprint density at radius 3 is 2.46 bits per heavy atom. The second kappa shape index (κ2) is 3.72. The Hall–Kier alpha value is -1.13. The van der Waals surface area contributed by atoms with Crippen LogP contribution in [0.2, 0.25) is 10.0 Å². The summed E-state index contributed by atoms with van der Waals surface area (Å²) in [4.78, 5) is 20.1. The van der Waals surface area contributed by atoms with Crippen molar-refractivity contribution in [1.82, 2.24) is 0 Å². The zero-order valence-electron chi connectivity index (χ0n) is 6.16. The molecule has 0 aliphatic carbocycles. The molecule has 0 aliphatic rings. The Bertz CT molecular complexity index is 378. The summed E-state index contributed by atoms with van der Waals surface area (Å²) >= 11 is 11.1. The van der Waals surface area contributed by atoms with Crippen molar-refractivity contribution in [2.24, 2.45) is 0 Å². The van der Waals surface area contributed by atoms with E-state index in [0.29, 0.717) is 6.29 Å². The van der Waals surface area contributed by atoms with E-state index in [-0.39, 0.29) is 15.6 Å². The van der Waals surface area contributed by atoms with Crippen LogP contribution in [0.5, 0.6) is 0 Å². The highest BCUT2D eigenvalue weighted by atomic mass is 35.5. The van der Waals surface area contributed by atoms with Gasteiger partial charge in [-0.25, -0.2) is 0 Å². The van der Waals surface area contributed by atoms with Crippen molar-refractivity contribution in [3.8, 4) is 0 Å². The normalized spacial score (nSPS) is 9.69. The molecule has 0 saturated heterocycles. The second-order valence-corrected chi connectivity index (χ2v) is 2.96. The Morgan fingerprint density at radius 2 is 2.00 bits per heavy atom. The highest BCUT2D eigenvalue weighted by Crippen LogP contribution is 2.33. The van der Waals surface area contributed by atoms with Crippen LogP contribution in [0.1, 0.15) is 10.4 Å². The summed E-state index contributed by atoms with van der Waals surface area (Å²) in [5.74, 6) is 0. The minimum absolute atomic E-state index is 0.0546. The number of hydrogen-bond donors (Lipinski definition) is 0. The highest BCUT2D eigenvalue weighted by Gasteiger charge is 2.20. The van der Waals surface area contributed by atoms with E-state index in [4.69, 9.17) is 23.2 Å². The van der Waals surface area contributed by atoms with E-state index >= 15 is 0 Å². The molecule has 1 rings (SSSR count). The van der Waals surface area contributed by atoms with Crippen molar-refractivity contribution in [3.05, 3.63) is 37.9 Å². The summed E-state index contributed by atoms with van der Waals surface area (Å²) in [5.41, 5.74) is -0.538. The number of carbonyl (C=O) groups excluding carboxylic acids is 1. The van der Waals surface area contributed by atoms with Gasteiger partial charge in [0.1, 0.15) is 5.02 Å². The van der Waals surface area contributed by atoms with Crippen molar-refractivity contribution < 1.29 is 9.72 Å². The van der Waals surface area contributed by atoms with Crippen molar-refractivity contribution in [2.75, 3.05) is 0 Å². The third kappa shape index (κ3) is 1.79. The van der Waals surface area contributed by atoms with Crippen molar-refractivity contribution in [1.29, 1.82) is 0 Å². The minimum atomic E-state index is -0.738. The van der Waals surface area contributed by atoms with Gasteiger partial charge in [-0.05, 0) is 12.1 Å². The molecule has 0 fully saturated rings. The zero-order chi connectivity index (χ0) is 10.0. The fourth-order valence-electron chi connectivity index (χ4n) is 0.836. The van der Waals surface area contributed by atoms with Crippen LogP contribution in [-0.4, -0.2) is 11.2 Å². The van der Waals surface area contributed by atoms with Gasteiger partial charge in [0.15, 0.2) is 6.29 Å². The second-order valence-electron chi connectivity index (χ2n) is 2.17. The number of hydrogen-bond acceptors (Lipinski definition) is 3. The topological polar surface area (TPSA) is 60.2 Å². The molecule has 0 amide bonds. The average Bonchev–Trinajstić information content (AvgIpc) is 2.08. The quantitative estimate of drug-likeness (QED) is 0.437. The molecule has 68 valence electrons. The maximum absolute atomic E-state index is 10.5. The summed E-state index contributed by atoms with van der Waals surface area (Å²) in [6, 6.07) is 2.58. The Labute approximate surface area is 83.2 Å². The summed E-state index contributed by atoms with van der Waals surface area (Å²) in [7, 11) is 0. The van der Waals surface area contributed by atoms with E-state index in [2.05, 4.69) is 0 Å². The number of carbonyl (C=O) groups is 1. The van der Waals surface area contributed by atoms with Crippen LogP contribution in [-0.2, 0) is 0 Å². The fraction of sp³-hybridized carbons (Fsp3) is 0. The summed E-state index contributed by atoms with van der Waals surface area (Å²) in [5, 5.41) is 10.3. The minimum Gasteiger partial charge on any atom is -0.298 e. The lowest BCUT2D eigenvalue weighted by Crippen LogP contribution is -1.95. The highest BCUT2D eigenvalue weighted by molar-refractivity contribution is 6.43. The van der Waals surface area contributed by atoms with Crippen molar-refractivity contribution in [3.63, 3.8) is 0 Å². The van der Waals surface area contributed by atoms with Gasteiger partial charge in [0.05, 0.1) is 15.5 Å². The molecule has 0 saturated carbocycles. The molecule has 0 heterocycles. The molecule has 0 spiro atoms. The van der Waals surface area contributed by atoms with E-state index < -0.39 is 10.6 Å². The molecule has 1 aromatic rings. The number of nitro benzene ring substituents is 1. The summed E-state index contributed by atoms with van der Waals surface area (Å²) in [6.45, 7) is 0. The number of benzene rings is 1. The van der Waals surface area contributed by atoms with Gasteiger partial charge in [-0.1, -0.05) is 23.2 Å². The lowest BCUT2D eigenvalue weighted by atomic mass is 10.2. The molecular weight excluding hydrogens is 217 g/mol. The van der Waals surface area contributed by atoms with Gasteiger partial charge >= 0.3 is 0 Å². The lowest BCUT2D eigenvalue weighted by Gasteiger charge is -1.99. The molecule has 1 aromatic carbocycles. The van der Waals surface area contributed by atoms with Crippen molar-refractivity contribution >= 4 is 35.2 Å². The molecule has 0 radical (unpaired) electrons. The zero-order valence-corrected chi connectivity index (χ0v) is 7.67. The van der Waals surface area contributed by atoms with Crippen molar-refractivity contribution in [2.45, 2.75) is 0 Å². The van der Waals surface area contributed by atoms with Crippen LogP contribution in [0, 0.1) is 10.1 Å². The number of nitro groups is 1. The van der Waals surface area contributed by atoms with E-state index in [9.17, 15) is 14.9 Å². The Morgan fingerprint density at radius 1 is 1.38 bits per heavy atom. The third-order valence-electron chi connectivity index (χ3n) is 1.41. The standard InChI is InChI=1S/C7H3Cl2NO3/c8-5-2-1-4(3-11)7(6(5)9)10(12)13/h1-3H. The molecule has 0 unspecified atom stereocenters. The van der Waals surface area contributed by atoms with Gasteiger partial charge < -0.3 is 0 Å². The van der Waals surface area contributed by atoms with Crippen LogP contribution in [0.25, 0.3) is 0 Å². The van der Waals surface area contributed by atoms with Gasteiger partial charge in [-0.15, -0.1) is 0 Å². The van der Waals surface area contributed by atoms with Crippen LogP contribution in [0.4, 0.5) is 5.69 Å². The first kappa shape index (κ1) is 9.95. The molecule has 13 heavy (non-hydrogen) atoms. The number of aldehydes is 1. The SMILES string of the molecule is O=Cc1ccc(Cl)c(Cl)c1[N+](=O)[O-]. The molecule has 0 bridgehead atoms. The first-order valence-corrected chi connectivity index (χ1v) is 3.91. The van der Waals surface area contributed by atoms with Gasteiger partial charge in [-0.2, -0.15) is 0 Å². The van der Waals surface area contributed by atoms with E-state index in [1.54, 1.807) is 0 Å². The predicted octanol–water partition coefficient (Wildman–Crippen LogP) is 2.71. The van der Waals surface area contributed by atoms with E-state index in [0.717, 1.165) is 0 Å². The smallest absolute Gasteiger partial charge is 0.298 e. The third-order valence-corrected chi connectivity index (χ3v) is 2.20. The molecule has 0 aliphatic heterocycles. The molecule has 4 nitrogen and oxygen atoms in total. The molecule has 0 aromatic heterocycles. The van der Waals surface area contributed by atoms with Gasteiger partial charge in [-0.3, -0.25) is 14.9 Å². The lowest BCUT2D eigenvalue weighted by molar-refractivity contribution is -0.384. The monoisotopic (exact) mass is 219 g/mol. The average molecular weight is 220 g/mol. The van der Waals surface area contributed by atoms with Crippen LogP contribution in [0.3, 0.4) is 0 Å². The van der Waals surface area contributed by atoms with Crippen LogP contribution >= 0.6 is 23.2 Å². The Balaban J connectivity index is 3.50. The van der Waals surface area contributed by atoms with Gasteiger partial charge in [0.2, 0.25) is 0 Å². The molecule has 0 N–H and O–H groups in total. The number of halogens is 2. The van der Waals surface area contributed by atoms with E-state index in [1.807, 2.05) is 0 Å². The van der Waals surface area contributed by atoms with Crippen LogP contribution in [0.15, 0.2) is 12.1 Å². The predicted molar refractivity (Wildman–Crippen MR) is 48.5 cm³/mol. The maximum Gasteiger partial charge on any atom is 0.299 e. The fourth-order valence-corrected chi connectivity index (χ4v) is 1.23. The maximum atomic E-state index is 10.5.